The van der Waals surface area contributed by atoms with E-state index in [2.05, 4.69) is 15.0 Å². The van der Waals surface area contributed by atoms with Gasteiger partial charge in [0.05, 0.1) is 5.52 Å². The number of nitrogens with zero attached hydrogens (tertiary/aromatic N) is 3. The van der Waals surface area contributed by atoms with Gasteiger partial charge in [0.1, 0.15) is 5.52 Å². The zero-order chi connectivity index (χ0) is 9.42. The second-order valence-corrected chi connectivity index (χ2v) is 3.35. The van der Waals surface area contributed by atoms with E-state index < -0.39 is 0 Å². The van der Waals surface area contributed by atoms with Crippen LogP contribution < -0.4 is 0 Å². The molecule has 66 valence electrons. The Hall–Kier alpha value is -0.640. The van der Waals surface area contributed by atoms with Crippen LogP contribution >= 0.6 is 34.8 Å². The molecule has 0 aliphatic carbocycles. The lowest BCUT2D eigenvalue weighted by Crippen LogP contribution is -1.88. The fraction of sp³-hybridized carbons (Fsp3) is 0. The lowest BCUT2D eigenvalue weighted by molar-refractivity contribution is 1.25. The van der Waals surface area contributed by atoms with Crippen molar-refractivity contribution < 1.29 is 0 Å². The van der Waals surface area contributed by atoms with Gasteiger partial charge in [0, 0.05) is 6.20 Å². The zero-order valence-corrected chi connectivity index (χ0v) is 8.40. The molecule has 0 aliphatic heterocycles. The summed E-state index contributed by atoms with van der Waals surface area (Å²) in [6, 6.07) is 1.66. The van der Waals surface area contributed by atoms with Crippen LogP contribution in [-0.4, -0.2) is 15.0 Å². The molecule has 0 N–H and O–H groups in total. The summed E-state index contributed by atoms with van der Waals surface area (Å²) in [4.78, 5) is 11.8. The second kappa shape index (κ2) is 3.25. The SMILES string of the molecule is Clc1nc2ccnc(Cl)c2nc1Cl. The predicted molar refractivity (Wildman–Crippen MR) is 52.4 cm³/mol. The Morgan fingerprint density at radius 2 is 1.62 bits per heavy atom. The van der Waals surface area contributed by atoms with Gasteiger partial charge in [0.25, 0.3) is 0 Å². The molecule has 0 unspecified atom stereocenters. The standard InChI is InChI=1S/C7H2Cl3N3/c8-5-4-3(1-2-11-5)12-6(9)7(10)13-4/h1-2H. The molecular formula is C7H2Cl3N3. The summed E-state index contributed by atoms with van der Waals surface area (Å²) < 4.78 is 0. The van der Waals surface area contributed by atoms with Gasteiger partial charge in [-0.05, 0) is 6.07 Å². The van der Waals surface area contributed by atoms with E-state index in [0.29, 0.717) is 11.0 Å². The largest absolute Gasteiger partial charge is 0.242 e. The van der Waals surface area contributed by atoms with Gasteiger partial charge in [-0.1, -0.05) is 34.8 Å². The molecule has 0 atom stereocenters. The highest BCUT2D eigenvalue weighted by Crippen LogP contribution is 2.23. The highest BCUT2D eigenvalue weighted by atomic mass is 35.5. The monoisotopic (exact) mass is 233 g/mol. The second-order valence-electron chi connectivity index (χ2n) is 2.27. The molecular weight excluding hydrogens is 232 g/mol. The van der Waals surface area contributed by atoms with Crippen molar-refractivity contribution in [3.05, 3.63) is 27.7 Å². The maximum Gasteiger partial charge on any atom is 0.167 e. The lowest BCUT2D eigenvalue weighted by Gasteiger charge is -1.99. The van der Waals surface area contributed by atoms with Crippen molar-refractivity contribution in [3.63, 3.8) is 0 Å². The zero-order valence-electron chi connectivity index (χ0n) is 6.13. The number of hydrogen-bond donors (Lipinski definition) is 0. The summed E-state index contributed by atoms with van der Waals surface area (Å²) in [5.74, 6) is 0. The van der Waals surface area contributed by atoms with Gasteiger partial charge < -0.3 is 0 Å². The molecule has 2 aromatic heterocycles. The minimum Gasteiger partial charge on any atom is -0.242 e. The van der Waals surface area contributed by atoms with Crippen LogP contribution in [0.1, 0.15) is 0 Å². The Morgan fingerprint density at radius 1 is 0.923 bits per heavy atom. The van der Waals surface area contributed by atoms with Crippen LogP contribution in [0, 0.1) is 0 Å². The van der Waals surface area contributed by atoms with Crippen molar-refractivity contribution in [2.75, 3.05) is 0 Å². The van der Waals surface area contributed by atoms with Gasteiger partial charge in [-0.3, -0.25) is 0 Å². The summed E-state index contributed by atoms with van der Waals surface area (Å²) in [5.41, 5.74) is 1.04. The van der Waals surface area contributed by atoms with Crippen LogP contribution in [0.2, 0.25) is 15.5 Å². The molecule has 0 bridgehead atoms. The molecule has 0 saturated carbocycles. The molecule has 0 fully saturated rings. The van der Waals surface area contributed by atoms with E-state index in [9.17, 15) is 0 Å². The molecule has 2 rings (SSSR count). The van der Waals surface area contributed by atoms with Gasteiger partial charge >= 0.3 is 0 Å². The van der Waals surface area contributed by atoms with Crippen LogP contribution in [0.25, 0.3) is 11.0 Å². The maximum atomic E-state index is 5.77. The number of aromatic nitrogens is 3. The minimum atomic E-state index is 0.129. The molecule has 2 heterocycles. The van der Waals surface area contributed by atoms with Crippen molar-refractivity contribution in [1.82, 2.24) is 15.0 Å². The average molecular weight is 234 g/mol. The van der Waals surface area contributed by atoms with E-state index in [1.54, 1.807) is 6.07 Å². The van der Waals surface area contributed by atoms with E-state index in [4.69, 9.17) is 34.8 Å². The Balaban J connectivity index is 2.89. The van der Waals surface area contributed by atoms with Gasteiger partial charge in [0.2, 0.25) is 0 Å². The minimum absolute atomic E-state index is 0.129. The molecule has 13 heavy (non-hydrogen) atoms. The highest BCUT2D eigenvalue weighted by molar-refractivity contribution is 6.41. The van der Waals surface area contributed by atoms with Crippen molar-refractivity contribution in [3.8, 4) is 0 Å². The average Bonchev–Trinajstić information content (AvgIpc) is 2.09. The number of pyridine rings is 1. The summed E-state index contributed by atoms with van der Waals surface area (Å²) in [5, 5.41) is 0.559. The fourth-order valence-electron chi connectivity index (χ4n) is 0.909. The molecule has 2 aromatic rings. The molecule has 3 nitrogen and oxygen atoms in total. The van der Waals surface area contributed by atoms with Crippen LogP contribution in [0.3, 0.4) is 0 Å². The molecule has 0 spiro atoms. The van der Waals surface area contributed by atoms with E-state index in [1.165, 1.54) is 6.20 Å². The normalized spacial score (nSPS) is 10.7. The fourth-order valence-corrected chi connectivity index (χ4v) is 1.36. The molecule has 6 heteroatoms. The maximum absolute atomic E-state index is 5.77. The first kappa shape index (κ1) is 8.94. The summed E-state index contributed by atoms with van der Waals surface area (Å²) in [6.07, 6.45) is 1.53. The first-order chi connectivity index (χ1) is 6.18. The van der Waals surface area contributed by atoms with Gasteiger partial charge in [-0.15, -0.1) is 0 Å². The third kappa shape index (κ3) is 1.55. The third-order valence-electron chi connectivity index (χ3n) is 1.46. The Morgan fingerprint density at radius 3 is 2.38 bits per heavy atom. The van der Waals surface area contributed by atoms with E-state index in [0.717, 1.165) is 0 Å². The van der Waals surface area contributed by atoms with Crippen LogP contribution in [-0.2, 0) is 0 Å². The summed E-state index contributed by atoms with van der Waals surface area (Å²) >= 11 is 17.1. The van der Waals surface area contributed by atoms with Crippen LogP contribution in [0.15, 0.2) is 12.3 Å². The summed E-state index contributed by atoms with van der Waals surface area (Å²) in [7, 11) is 0. The first-order valence-electron chi connectivity index (χ1n) is 3.32. The third-order valence-corrected chi connectivity index (χ3v) is 2.36. The number of halogens is 3. The number of fused-ring (bicyclic) bond motifs is 1. The summed E-state index contributed by atoms with van der Waals surface area (Å²) in [6.45, 7) is 0. The Bertz CT molecular complexity index is 472. The van der Waals surface area contributed by atoms with E-state index >= 15 is 0 Å². The van der Waals surface area contributed by atoms with Crippen molar-refractivity contribution in [1.29, 1.82) is 0 Å². The van der Waals surface area contributed by atoms with E-state index in [-0.39, 0.29) is 15.5 Å². The van der Waals surface area contributed by atoms with Crippen molar-refractivity contribution >= 4 is 45.8 Å². The predicted octanol–water partition coefficient (Wildman–Crippen LogP) is 2.99. The van der Waals surface area contributed by atoms with Gasteiger partial charge in [0.15, 0.2) is 15.5 Å². The van der Waals surface area contributed by atoms with Crippen LogP contribution in [0.5, 0.6) is 0 Å². The van der Waals surface area contributed by atoms with E-state index in [1.807, 2.05) is 0 Å². The molecule has 0 amide bonds. The Labute approximate surface area is 88.7 Å². The van der Waals surface area contributed by atoms with Gasteiger partial charge in [-0.25, -0.2) is 15.0 Å². The number of hydrogen-bond acceptors (Lipinski definition) is 3. The Kier molecular flexibility index (Phi) is 2.24. The lowest BCUT2D eigenvalue weighted by atomic mass is 10.4. The molecule has 0 aromatic carbocycles. The van der Waals surface area contributed by atoms with Crippen molar-refractivity contribution in [2.24, 2.45) is 0 Å². The highest BCUT2D eigenvalue weighted by Gasteiger charge is 2.07. The first-order valence-corrected chi connectivity index (χ1v) is 4.45. The van der Waals surface area contributed by atoms with Gasteiger partial charge in [-0.2, -0.15) is 0 Å². The number of rotatable bonds is 0. The molecule has 0 aliphatic rings. The van der Waals surface area contributed by atoms with Crippen molar-refractivity contribution in [2.45, 2.75) is 0 Å². The quantitative estimate of drug-likeness (QED) is 0.658. The topological polar surface area (TPSA) is 38.7 Å². The van der Waals surface area contributed by atoms with Crippen LogP contribution in [0.4, 0.5) is 0 Å². The molecule has 0 radical (unpaired) electrons. The smallest absolute Gasteiger partial charge is 0.167 e. The molecule has 0 saturated heterocycles.